The first kappa shape index (κ1) is 14.8. The first-order chi connectivity index (χ1) is 9.47. The molecule has 2 atom stereocenters. The van der Waals surface area contributed by atoms with Gasteiger partial charge in [0.05, 0.1) is 0 Å². The van der Waals surface area contributed by atoms with Crippen LogP contribution in [0.1, 0.15) is 26.2 Å². The number of piperidine rings is 1. The van der Waals surface area contributed by atoms with Crippen molar-refractivity contribution in [3.05, 3.63) is 29.6 Å². The van der Waals surface area contributed by atoms with E-state index in [9.17, 15) is 18.0 Å². The van der Waals surface area contributed by atoms with Crippen molar-refractivity contribution in [3.63, 3.8) is 0 Å². The Kier molecular flexibility index (Phi) is 4.65. The summed E-state index contributed by atoms with van der Waals surface area (Å²) >= 11 is 0. The molecule has 1 aromatic rings. The molecular weight excluding hydrogens is 269 g/mol. The Bertz CT molecular complexity index is 484. The fourth-order valence-corrected chi connectivity index (χ4v) is 2.43. The summed E-state index contributed by atoms with van der Waals surface area (Å²) in [4.78, 5) is 11.8. The quantitative estimate of drug-likeness (QED) is 0.839. The van der Waals surface area contributed by atoms with Gasteiger partial charge in [-0.2, -0.15) is 0 Å². The molecule has 1 aliphatic rings. The Morgan fingerprint density at radius 2 is 2.00 bits per heavy atom. The summed E-state index contributed by atoms with van der Waals surface area (Å²) in [6.45, 7) is 2.92. The third-order valence-corrected chi connectivity index (χ3v) is 3.60. The monoisotopic (exact) mass is 286 g/mol. The highest BCUT2D eigenvalue weighted by atomic mass is 19.2. The highest BCUT2D eigenvalue weighted by Gasteiger charge is 2.23. The topological polar surface area (TPSA) is 41.1 Å². The maximum Gasteiger partial charge on any atom is 0.225 e. The number of benzene rings is 1. The van der Waals surface area contributed by atoms with E-state index < -0.39 is 17.5 Å². The molecule has 1 amide bonds. The van der Waals surface area contributed by atoms with Gasteiger partial charge in [0.2, 0.25) is 5.91 Å². The van der Waals surface area contributed by atoms with Crippen molar-refractivity contribution < 1.29 is 18.0 Å². The Morgan fingerprint density at radius 1 is 1.35 bits per heavy atom. The van der Waals surface area contributed by atoms with Crippen LogP contribution in [0, 0.1) is 23.4 Å². The van der Waals surface area contributed by atoms with Crippen LogP contribution in [0.3, 0.4) is 0 Å². The van der Waals surface area contributed by atoms with Crippen molar-refractivity contribution in [2.75, 3.05) is 11.9 Å². The van der Waals surface area contributed by atoms with Crippen LogP contribution in [0.4, 0.5) is 18.9 Å². The second-order valence-electron chi connectivity index (χ2n) is 5.19. The van der Waals surface area contributed by atoms with Gasteiger partial charge in [0, 0.05) is 30.3 Å². The number of nitrogens with one attached hydrogen (secondary N) is 2. The lowest BCUT2D eigenvalue weighted by Gasteiger charge is -2.29. The molecule has 0 radical (unpaired) electrons. The molecule has 0 bridgehead atoms. The van der Waals surface area contributed by atoms with Gasteiger partial charge in [0.15, 0.2) is 17.5 Å². The smallest absolute Gasteiger partial charge is 0.225 e. The lowest BCUT2D eigenvalue weighted by molar-refractivity contribution is -0.117. The Morgan fingerprint density at radius 3 is 2.60 bits per heavy atom. The number of anilines is 1. The number of carbonyl (C=O) groups is 1. The lowest BCUT2D eigenvalue weighted by atomic mass is 9.90. The average molecular weight is 286 g/mol. The number of amides is 1. The summed E-state index contributed by atoms with van der Waals surface area (Å²) in [5.41, 5.74) is -0.0742. The van der Waals surface area contributed by atoms with Crippen LogP contribution in [0.5, 0.6) is 0 Å². The molecule has 1 heterocycles. The lowest BCUT2D eigenvalue weighted by Crippen LogP contribution is -2.42. The summed E-state index contributed by atoms with van der Waals surface area (Å²) in [6.07, 6.45) is 2.35. The van der Waals surface area contributed by atoms with Crippen LogP contribution < -0.4 is 10.6 Å². The second kappa shape index (κ2) is 6.26. The SMILES string of the molecule is CC1CCCNC1CC(=O)Nc1cc(F)c(F)c(F)c1. The zero-order chi connectivity index (χ0) is 14.7. The van der Waals surface area contributed by atoms with Gasteiger partial charge < -0.3 is 10.6 Å². The highest BCUT2D eigenvalue weighted by molar-refractivity contribution is 5.91. The Labute approximate surface area is 115 Å². The predicted octanol–water partition coefficient (Wildman–Crippen LogP) is 2.82. The van der Waals surface area contributed by atoms with E-state index in [0.29, 0.717) is 5.92 Å². The van der Waals surface area contributed by atoms with E-state index in [0.717, 1.165) is 31.5 Å². The Hall–Kier alpha value is -1.56. The van der Waals surface area contributed by atoms with Crippen LogP contribution in [0.25, 0.3) is 0 Å². The van der Waals surface area contributed by atoms with Crippen molar-refractivity contribution in [2.24, 2.45) is 5.92 Å². The zero-order valence-electron chi connectivity index (χ0n) is 11.2. The molecule has 0 aromatic heterocycles. The van der Waals surface area contributed by atoms with Crippen molar-refractivity contribution in [1.29, 1.82) is 0 Å². The molecule has 1 aromatic carbocycles. The molecule has 0 saturated carbocycles. The largest absolute Gasteiger partial charge is 0.326 e. The minimum Gasteiger partial charge on any atom is -0.326 e. The van der Waals surface area contributed by atoms with Gasteiger partial charge >= 0.3 is 0 Å². The van der Waals surface area contributed by atoms with Crippen LogP contribution >= 0.6 is 0 Å². The maximum atomic E-state index is 13.0. The predicted molar refractivity (Wildman–Crippen MR) is 69.8 cm³/mol. The standard InChI is InChI=1S/C14H17F3N2O/c1-8-3-2-4-18-12(8)7-13(20)19-9-5-10(15)14(17)11(16)6-9/h5-6,8,12,18H,2-4,7H2,1H3,(H,19,20). The normalized spacial score (nSPS) is 22.6. The molecule has 2 rings (SSSR count). The summed E-state index contributed by atoms with van der Waals surface area (Å²) < 4.78 is 38.9. The Balaban J connectivity index is 1.97. The van der Waals surface area contributed by atoms with Gasteiger partial charge in [-0.05, 0) is 25.3 Å². The van der Waals surface area contributed by atoms with E-state index in [4.69, 9.17) is 0 Å². The molecule has 0 aliphatic carbocycles. The van der Waals surface area contributed by atoms with Gasteiger partial charge in [-0.3, -0.25) is 4.79 Å². The summed E-state index contributed by atoms with van der Waals surface area (Å²) in [6, 6.07) is 1.60. The van der Waals surface area contributed by atoms with E-state index in [-0.39, 0.29) is 24.1 Å². The first-order valence-corrected chi connectivity index (χ1v) is 6.65. The van der Waals surface area contributed by atoms with Gasteiger partial charge in [0.1, 0.15) is 0 Å². The van der Waals surface area contributed by atoms with Gasteiger partial charge in [0.25, 0.3) is 0 Å². The third-order valence-electron chi connectivity index (χ3n) is 3.60. The van der Waals surface area contributed by atoms with E-state index in [1.54, 1.807) is 0 Å². The fraction of sp³-hybridized carbons (Fsp3) is 0.500. The molecule has 110 valence electrons. The summed E-state index contributed by atoms with van der Waals surface area (Å²) in [5, 5.41) is 5.64. The maximum absolute atomic E-state index is 13.0. The van der Waals surface area contributed by atoms with E-state index in [1.165, 1.54) is 0 Å². The highest BCUT2D eigenvalue weighted by Crippen LogP contribution is 2.20. The number of hydrogen-bond donors (Lipinski definition) is 2. The van der Waals surface area contributed by atoms with Gasteiger partial charge in [-0.25, -0.2) is 13.2 Å². The first-order valence-electron chi connectivity index (χ1n) is 6.65. The fourth-order valence-electron chi connectivity index (χ4n) is 2.43. The minimum atomic E-state index is -1.54. The van der Waals surface area contributed by atoms with Crippen molar-refractivity contribution in [2.45, 2.75) is 32.2 Å². The molecule has 1 fully saturated rings. The molecule has 2 N–H and O–H groups in total. The van der Waals surface area contributed by atoms with Crippen LogP contribution in [-0.2, 0) is 4.79 Å². The van der Waals surface area contributed by atoms with Crippen molar-refractivity contribution in [3.8, 4) is 0 Å². The second-order valence-corrected chi connectivity index (χ2v) is 5.19. The summed E-state index contributed by atoms with van der Waals surface area (Å²) in [5.74, 6) is -4.14. The number of halogens is 3. The average Bonchev–Trinajstić information content (AvgIpc) is 2.38. The number of carbonyl (C=O) groups excluding carboxylic acids is 1. The number of hydrogen-bond acceptors (Lipinski definition) is 2. The molecule has 2 unspecified atom stereocenters. The molecule has 1 aliphatic heterocycles. The third kappa shape index (κ3) is 3.50. The van der Waals surface area contributed by atoms with E-state index in [1.807, 2.05) is 0 Å². The number of rotatable bonds is 3. The van der Waals surface area contributed by atoms with E-state index >= 15 is 0 Å². The van der Waals surface area contributed by atoms with Crippen LogP contribution in [0.2, 0.25) is 0 Å². The van der Waals surface area contributed by atoms with Crippen LogP contribution in [0.15, 0.2) is 12.1 Å². The van der Waals surface area contributed by atoms with Crippen molar-refractivity contribution >= 4 is 11.6 Å². The zero-order valence-corrected chi connectivity index (χ0v) is 11.2. The molecule has 20 heavy (non-hydrogen) atoms. The molecule has 3 nitrogen and oxygen atoms in total. The molecule has 1 saturated heterocycles. The van der Waals surface area contributed by atoms with Gasteiger partial charge in [-0.1, -0.05) is 6.92 Å². The van der Waals surface area contributed by atoms with Gasteiger partial charge in [-0.15, -0.1) is 0 Å². The van der Waals surface area contributed by atoms with Crippen molar-refractivity contribution in [1.82, 2.24) is 5.32 Å². The molecular formula is C14H17F3N2O. The summed E-state index contributed by atoms with van der Waals surface area (Å²) in [7, 11) is 0. The molecule has 6 heteroatoms. The van der Waals surface area contributed by atoms with E-state index in [2.05, 4.69) is 17.6 Å². The minimum absolute atomic E-state index is 0.0545. The van der Waals surface area contributed by atoms with Crippen LogP contribution in [-0.4, -0.2) is 18.5 Å². The molecule has 0 spiro atoms.